The Morgan fingerprint density at radius 3 is 2.52 bits per heavy atom. The van der Waals surface area contributed by atoms with Gasteiger partial charge in [-0.25, -0.2) is 0 Å². The lowest BCUT2D eigenvalue weighted by atomic mass is 9.94. The van der Waals surface area contributed by atoms with Gasteiger partial charge in [-0.3, -0.25) is 4.79 Å². The van der Waals surface area contributed by atoms with Crippen LogP contribution in [0.2, 0.25) is 0 Å². The zero-order chi connectivity index (χ0) is 15.5. The summed E-state index contributed by atoms with van der Waals surface area (Å²) in [5, 5.41) is 8.67. The zero-order valence-electron chi connectivity index (χ0n) is 11.6. The number of aliphatic carboxylic acids is 1. The van der Waals surface area contributed by atoms with Gasteiger partial charge in [-0.2, -0.15) is 8.78 Å². The molecule has 4 heteroatoms. The summed E-state index contributed by atoms with van der Waals surface area (Å²) in [6.07, 6.45) is 0.173. The van der Waals surface area contributed by atoms with Crippen molar-refractivity contribution >= 4 is 5.97 Å². The minimum Gasteiger partial charge on any atom is -0.481 e. The molecule has 2 nitrogen and oxygen atoms in total. The highest BCUT2D eigenvalue weighted by Gasteiger charge is 2.35. The fraction of sp³-hybridized carbons (Fsp3) is 0.235. The second kappa shape index (κ2) is 6.04. The minimum atomic E-state index is -3.09. The molecule has 2 aromatic carbocycles. The van der Waals surface area contributed by atoms with Crippen LogP contribution in [0, 0.1) is 6.92 Å². The van der Waals surface area contributed by atoms with Crippen LogP contribution >= 0.6 is 0 Å². The average molecular weight is 290 g/mol. The van der Waals surface area contributed by atoms with Crippen molar-refractivity contribution in [2.24, 2.45) is 0 Å². The molecule has 0 bridgehead atoms. The predicted octanol–water partition coefficient (Wildman–Crippen LogP) is 4.15. The quantitative estimate of drug-likeness (QED) is 0.898. The highest BCUT2D eigenvalue weighted by atomic mass is 19.3. The Balaban J connectivity index is 2.34. The van der Waals surface area contributed by atoms with E-state index in [1.165, 1.54) is 18.2 Å². The summed E-state index contributed by atoms with van der Waals surface area (Å²) in [5.74, 6) is -4.03. The van der Waals surface area contributed by atoms with Gasteiger partial charge >= 0.3 is 5.97 Å². The minimum absolute atomic E-state index is 0.0274. The van der Waals surface area contributed by atoms with Crippen LogP contribution in [0.5, 0.6) is 0 Å². The second-order valence-corrected chi connectivity index (χ2v) is 4.98. The summed E-state index contributed by atoms with van der Waals surface area (Å²) in [6.45, 7) is 1.65. The van der Waals surface area contributed by atoms with Crippen molar-refractivity contribution in [2.45, 2.75) is 25.7 Å². The van der Waals surface area contributed by atoms with Gasteiger partial charge in [0.15, 0.2) is 0 Å². The van der Waals surface area contributed by atoms with E-state index in [-0.39, 0.29) is 24.0 Å². The smallest absolute Gasteiger partial charge is 0.303 e. The van der Waals surface area contributed by atoms with Gasteiger partial charge in [0, 0.05) is 17.5 Å². The molecule has 1 N–H and O–H groups in total. The Bertz CT molecular complexity index is 651. The maximum absolute atomic E-state index is 14.6. The molecule has 110 valence electrons. The maximum atomic E-state index is 14.6. The number of halogens is 2. The number of rotatable bonds is 5. The topological polar surface area (TPSA) is 37.3 Å². The Morgan fingerprint density at radius 1 is 1.14 bits per heavy atom. The van der Waals surface area contributed by atoms with Crippen molar-refractivity contribution in [2.75, 3.05) is 0 Å². The van der Waals surface area contributed by atoms with Crippen molar-refractivity contribution in [1.82, 2.24) is 0 Å². The molecule has 0 aliphatic rings. The highest BCUT2D eigenvalue weighted by Crippen LogP contribution is 2.37. The molecule has 0 atom stereocenters. The number of alkyl halides is 2. The number of carbonyl (C=O) groups is 1. The molecule has 2 rings (SSSR count). The second-order valence-electron chi connectivity index (χ2n) is 4.98. The molecule has 0 aliphatic heterocycles. The number of benzene rings is 2. The van der Waals surface area contributed by atoms with Gasteiger partial charge < -0.3 is 5.11 Å². The van der Waals surface area contributed by atoms with Crippen LogP contribution in [0.3, 0.4) is 0 Å². The molecule has 0 aromatic heterocycles. The summed E-state index contributed by atoms with van der Waals surface area (Å²) in [5.41, 5.74) is 0.988. The normalized spacial score (nSPS) is 11.4. The van der Waals surface area contributed by atoms with Crippen LogP contribution in [0.1, 0.15) is 28.7 Å². The van der Waals surface area contributed by atoms with E-state index in [1.54, 1.807) is 37.3 Å². The highest BCUT2D eigenvalue weighted by molar-refractivity contribution is 5.67. The molecule has 21 heavy (non-hydrogen) atoms. The number of carboxylic acids is 1. The third kappa shape index (κ3) is 3.45. The van der Waals surface area contributed by atoms with Gasteiger partial charge in [0.1, 0.15) is 0 Å². The van der Waals surface area contributed by atoms with Gasteiger partial charge in [-0.05, 0) is 30.5 Å². The van der Waals surface area contributed by atoms with Crippen molar-refractivity contribution in [3.63, 3.8) is 0 Å². The van der Waals surface area contributed by atoms with Gasteiger partial charge in [-0.1, -0.05) is 42.5 Å². The zero-order valence-corrected chi connectivity index (χ0v) is 11.6. The van der Waals surface area contributed by atoms with E-state index in [0.717, 1.165) is 0 Å². The summed E-state index contributed by atoms with van der Waals surface area (Å²) in [4.78, 5) is 10.6. The Morgan fingerprint density at radius 2 is 1.86 bits per heavy atom. The van der Waals surface area contributed by atoms with Crippen LogP contribution in [0.4, 0.5) is 8.78 Å². The standard InChI is InChI=1S/C17H16F2O2/c1-12-5-2-3-8-15(12)17(18,19)14-7-4-6-13(11-14)9-10-16(20)21/h2-8,11H,9-10H2,1H3,(H,20,21). The van der Waals surface area contributed by atoms with E-state index in [1.807, 2.05) is 0 Å². The maximum Gasteiger partial charge on any atom is 0.303 e. The molecule has 0 radical (unpaired) electrons. The van der Waals surface area contributed by atoms with Gasteiger partial charge in [0.25, 0.3) is 5.92 Å². The third-order valence-corrected chi connectivity index (χ3v) is 3.40. The fourth-order valence-electron chi connectivity index (χ4n) is 2.25. The molecule has 0 heterocycles. The summed E-state index contributed by atoms with van der Waals surface area (Å²) in [7, 11) is 0. The first-order chi connectivity index (χ1) is 9.91. The van der Waals surface area contributed by atoms with Crippen molar-refractivity contribution in [3.05, 3.63) is 70.8 Å². The van der Waals surface area contributed by atoms with Gasteiger partial charge in [-0.15, -0.1) is 0 Å². The molecule has 2 aromatic rings. The van der Waals surface area contributed by atoms with Crippen LogP contribution in [-0.2, 0) is 17.1 Å². The van der Waals surface area contributed by atoms with E-state index >= 15 is 0 Å². The van der Waals surface area contributed by atoms with Crippen LogP contribution in [-0.4, -0.2) is 11.1 Å². The lowest BCUT2D eigenvalue weighted by Crippen LogP contribution is -2.17. The number of carboxylic acid groups (broad SMARTS) is 1. The third-order valence-electron chi connectivity index (χ3n) is 3.40. The molecular formula is C17H16F2O2. The van der Waals surface area contributed by atoms with Crippen LogP contribution in [0.15, 0.2) is 48.5 Å². The van der Waals surface area contributed by atoms with Crippen LogP contribution in [0.25, 0.3) is 0 Å². The largest absolute Gasteiger partial charge is 0.481 e. The number of hydrogen-bond donors (Lipinski definition) is 1. The summed E-state index contributed by atoms with van der Waals surface area (Å²) < 4.78 is 29.2. The van der Waals surface area contributed by atoms with E-state index in [2.05, 4.69) is 0 Å². The first-order valence-electron chi connectivity index (χ1n) is 6.66. The summed E-state index contributed by atoms with van der Waals surface area (Å²) >= 11 is 0. The van der Waals surface area contributed by atoms with Crippen molar-refractivity contribution in [1.29, 1.82) is 0 Å². The molecule has 0 amide bonds. The predicted molar refractivity (Wildman–Crippen MR) is 76.6 cm³/mol. The molecule has 0 spiro atoms. The summed E-state index contributed by atoms with van der Waals surface area (Å²) in [6, 6.07) is 12.3. The first kappa shape index (κ1) is 15.2. The Labute approximate surface area is 122 Å². The molecule has 0 saturated heterocycles. The first-order valence-corrected chi connectivity index (χ1v) is 6.66. The number of aryl methyl sites for hydroxylation is 2. The van der Waals surface area contributed by atoms with E-state index in [4.69, 9.17) is 5.11 Å². The monoisotopic (exact) mass is 290 g/mol. The van der Waals surface area contributed by atoms with Crippen molar-refractivity contribution < 1.29 is 18.7 Å². The molecule has 0 saturated carbocycles. The SMILES string of the molecule is Cc1ccccc1C(F)(F)c1cccc(CCC(=O)O)c1. The van der Waals surface area contributed by atoms with Crippen LogP contribution < -0.4 is 0 Å². The van der Waals surface area contributed by atoms with E-state index < -0.39 is 11.9 Å². The Kier molecular flexibility index (Phi) is 4.36. The van der Waals surface area contributed by atoms with E-state index in [9.17, 15) is 13.6 Å². The van der Waals surface area contributed by atoms with Gasteiger partial charge in [0.2, 0.25) is 0 Å². The van der Waals surface area contributed by atoms with E-state index in [0.29, 0.717) is 11.1 Å². The average Bonchev–Trinajstić information content (AvgIpc) is 2.45. The fourth-order valence-corrected chi connectivity index (χ4v) is 2.25. The molecular weight excluding hydrogens is 274 g/mol. The molecule has 0 fully saturated rings. The van der Waals surface area contributed by atoms with Crippen molar-refractivity contribution in [3.8, 4) is 0 Å². The Hall–Kier alpha value is -2.23. The number of hydrogen-bond acceptors (Lipinski definition) is 1. The molecule has 0 aliphatic carbocycles. The lowest BCUT2D eigenvalue weighted by Gasteiger charge is -2.20. The van der Waals surface area contributed by atoms with Gasteiger partial charge in [0.05, 0.1) is 0 Å². The lowest BCUT2D eigenvalue weighted by molar-refractivity contribution is -0.136. The molecule has 0 unspecified atom stereocenters.